The minimum atomic E-state index is 0.772. The third kappa shape index (κ3) is 1.46. The van der Waals surface area contributed by atoms with Gasteiger partial charge in [0.05, 0.1) is 10.2 Å². The van der Waals surface area contributed by atoms with Gasteiger partial charge >= 0.3 is 0 Å². The van der Waals surface area contributed by atoms with Crippen molar-refractivity contribution >= 4 is 23.2 Å². The predicted molar refractivity (Wildman–Crippen MR) is 66.8 cm³/mol. The van der Waals surface area contributed by atoms with E-state index in [9.17, 15) is 0 Å². The Kier molecular flexibility index (Phi) is 2.11. The van der Waals surface area contributed by atoms with Crippen LogP contribution in [0.2, 0.25) is 0 Å². The van der Waals surface area contributed by atoms with Crippen molar-refractivity contribution in [1.82, 2.24) is 4.98 Å². The summed E-state index contributed by atoms with van der Waals surface area (Å²) in [7, 11) is 0. The Morgan fingerprint density at radius 1 is 1.06 bits per heavy atom. The predicted octanol–water partition coefficient (Wildman–Crippen LogP) is 4.16. The number of hydrogen-bond donors (Lipinski definition) is 1. The quantitative estimate of drug-likeness (QED) is 0.632. The number of rotatable bonds is 1. The number of H-pyrrole nitrogens is 1. The third-order valence-corrected chi connectivity index (χ3v) is 2.84. The molecule has 3 rings (SSSR count). The highest BCUT2D eigenvalue weighted by Crippen LogP contribution is 2.24. The number of hydrogen-bond acceptors (Lipinski definition) is 2. The number of para-hydroxylation sites is 1. The summed E-state index contributed by atoms with van der Waals surface area (Å²) >= 11 is 5.34. The van der Waals surface area contributed by atoms with E-state index in [1.165, 1.54) is 0 Å². The molecule has 0 aliphatic heterocycles. The highest BCUT2D eigenvalue weighted by molar-refractivity contribution is 7.71. The molecule has 0 unspecified atom stereocenters. The van der Waals surface area contributed by atoms with Gasteiger partial charge in [-0.2, -0.15) is 0 Å². The van der Waals surface area contributed by atoms with Crippen LogP contribution in [0.4, 0.5) is 0 Å². The van der Waals surface area contributed by atoms with E-state index in [0.717, 1.165) is 26.9 Å². The van der Waals surface area contributed by atoms with E-state index in [4.69, 9.17) is 16.6 Å². The van der Waals surface area contributed by atoms with Crippen LogP contribution < -0.4 is 0 Å². The molecule has 0 aliphatic carbocycles. The summed E-state index contributed by atoms with van der Waals surface area (Å²) in [5, 5.41) is 0.979. The molecule has 0 saturated heterocycles. The molecule has 3 heteroatoms. The number of nitrogens with one attached hydrogen (secondary N) is 1. The van der Waals surface area contributed by atoms with Crippen molar-refractivity contribution in [2.75, 3.05) is 0 Å². The molecular weight excluding hydrogens is 218 g/mol. The molecular formula is C13H9NOS. The SMILES string of the molecule is S=c1cc(-c2ccc[nH]2)oc2ccccc12. The van der Waals surface area contributed by atoms with Crippen LogP contribution in [0.1, 0.15) is 0 Å². The molecule has 0 amide bonds. The van der Waals surface area contributed by atoms with Crippen LogP contribution in [0.25, 0.3) is 22.4 Å². The van der Waals surface area contributed by atoms with Gasteiger partial charge in [0.2, 0.25) is 0 Å². The first-order valence-electron chi connectivity index (χ1n) is 5.01. The summed E-state index contributed by atoms with van der Waals surface area (Å²) in [6.45, 7) is 0. The molecule has 2 nitrogen and oxygen atoms in total. The van der Waals surface area contributed by atoms with Crippen molar-refractivity contribution in [3.05, 3.63) is 53.2 Å². The average molecular weight is 227 g/mol. The molecule has 2 aromatic heterocycles. The van der Waals surface area contributed by atoms with E-state index in [1.54, 1.807) is 0 Å². The van der Waals surface area contributed by atoms with Crippen molar-refractivity contribution in [2.24, 2.45) is 0 Å². The zero-order chi connectivity index (χ0) is 11.0. The molecule has 0 saturated carbocycles. The number of benzene rings is 1. The first-order valence-corrected chi connectivity index (χ1v) is 5.42. The van der Waals surface area contributed by atoms with Crippen molar-refractivity contribution in [2.45, 2.75) is 0 Å². The lowest BCUT2D eigenvalue weighted by molar-refractivity contribution is 0.617. The highest BCUT2D eigenvalue weighted by atomic mass is 32.1. The van der Waals surface area contributed by atoms with Gasteiger partial charge in [-0.3, -0.25) is 0 Å². The fourth-order valence-electron chi connectivity index (χ4n) is 1.72. The fourth-order valence-corrected chi connectivity index (χ4v) is 2.00. The molecule has 0 bridgehead atoms. The van der Waals surface area contributed by atoms with E-state index in [0.29, 0.717) is 0 Å². The minimum absolute atomic E-state index is 0.772. The second-order valence-corrected chi connectivity index (χ2v) is 3.99. The Labute approximate surface area is 97.5 Å². The van der Waals surface area contributed by atoms with E-state index in [1.807, 2.05) is 48.7 Å². The molecule has 3 aromatic rings. The fraction of sp³-hybridized carbons (Fsp3) is 0. The van der Waals surface area contributed by atoms with Gasteiger partial charge in [0, 0.05) is 17.6 Å². The van der Waals surface area contributed by atoms with Gasteiger partial charge in [-0.05, 0) is 24.3 Å². The third-order valence-electron chi connectivity index (χ3n) is 2.50. The highest BCUT2D eigenvalue weighted by Gasteiger charge is 2.04. The van der Waals surface area contributed by atoms with Gasteiger partial charge in [-0.15, -0.1) is 0 Å². The molecule has 1 N–H and O–H groups in total. The number of aromatic nitrogens is 1. The molecule has 0 spiro atoms. The van der Waals surface area contributed by atoms with Gasteiger partial charge in [0.25, 0.3) is 0 Å². The van der Waals surface area contributed by atoms with Crippen LogP contribution in [0, 0.1) is 4.51 Å². The van der Waals surface area contributed by atoms with Crippen molar-refractivity contribution in [1.29, 1.82) is 0 Å². The Hall–Kier alpha value is -1.87. The number of fused-ring (bicyclic) bond motifs is 1. The maximum Gasteiger partial charge on any atom is 0.152 e. The lowest BCUT2D eigenvalue weighted by Gasteiger charge is -2.01. The summed E-state index contributed by atoms with van der Waals surface area (Å²) in [6, 6.07) is 13.6. The van der Waals surface area contributed by atoms with Crippen LogP contribution >= 0.6 is 12.2 Å². The molecule has 2 heterocycles. The van der Waals surface area contributed by atoms with E-state index in [2.05, 4.69) is 4.98 Å². The van der Waals surface area contributed by atoms with Gasteiger partial charge in [-0.1, -0.05) is 24.4 Å². The topological polar surface area (TPSA) is 28.9 Å². The largest absolute Gasteiger partial charge is 0.454 e. The maximum atomic E-state index is 5.79. The van der Waals surface area contributed by atoms with Crippen molar-refractivity contribution in [3.63, 3.8) is 0 Å². The first-order chi connectivity index (χ1) is 7.84. The Bertz CT molecular complexity index is 682. The van der Waals surface area contributed by atoms with Crippen molar-refractivity contribution in [3.8, 4) is 11.5 Å². The molecule has 0 fully saturated rings. The molecule has 78 valence electrons. The molecule has 16 heavy (non-hydrogen) atoms. The molecule has 0 aliphatic rings. The van der Waals surface area contributed by atoms with Crippen LogP contribution in [0.5, 0.6) is 0 Å². The summed E-state index contributed by atoms with van der Waals surface area (Å²) in [4.78, 5) is 3.11. The summed E-state index contributed by atoms with van der Waals surface area (Å²) < 4.78 is 6.60. The molecule has 0 radical (unpaired) electrons. The lowest BCUT2D eigenvalue weighted by atomic mass is 10.2. The van der Waals surface area contributed by atoms with Crippen LogP contribution in [-0.4, -0.2) is 4.98 Å². The zero-order valence-electron chi connectivity index (χ0n) is 8.44. The first kappa shape index (κ1) is 9.36. The van der Waals surface area contributed by atoms with Gasteiger partial charge in [0.1, 0.15) is 5.58 Å². The second-order valence-electron chi connectivity index (χ2n) is 3.55. The smallest absolute Gasteiger partial charge is 0.152 e. The number of aromatic amines is 1. The molecule has 0 atom stereocenters. The lowest BCUT2D eigenvalue weighted by Crippen LogP contribution is -1.80. The Morgan fingerprint density at radius 3 is 2.75 bits per heavy atom. The normalized spacial score (nSPS) is 10.8. The van der Waals surface area contributed by atoms with Gasteiger partial charge < -0.3 is 9.40 Å². The van der Waals surface area contributed by atoms with E-state index >= 15 is 0 Å². The monoisotopic (exact) mass is 227 g/mol. The average Bonchev–Trinajstić information content (AvgIpc) is 2.82. The molecule has 1 aromatic carbocycles. The van der Waals surface area contributed by atoms with Gasteiger partial charge in [-0.25, -0.2) is 0 Å². The maximum absolute atomic E-state index is 5.79. The standard InChI is InChI=1S/C13H9NOS/c16-13-8-12(10-5-3-7-14-10)15-11-6-2-1-4-9(11)13/h1-8,14H. The zero-order valence-corrected chi connectivity index (χ0v) is 9.25. The summed E-state index contributed by atoms with van der Waals surface area (Å²) in [5.41, 5.74) is 1.76. The second kappa shape index (κ2) is 3.61. The van der Waals surface area contributed by atoms with Crippen LogP contribution in [0.15, 0.2) is 53.1 Å². The minimum Gasteiger partial charge on any atom is -0.454 e. The van der Waals surface area contributed by atoms with E-state index in [-0.39, 0.29) is 0 Å². The van der Waals surface area contributed by atoms with Crippen LogP contribution in [0.3, 0.4) is 0 Å². The van der Waals surface area contributed by atoms with Gasteiger partial charge in [0.15, 0.2) is 5.76 Å². The Balaban J connectivity index is 2.34. The Morgan fingerprint density at radius 2 is 1.94 bits per heavy atom. The summed E-state index contributed by atoms with van der Waals surface area (Å²) in [5.74, 6) is 0.772. The van der Waals surface area contributed by atoms with Crippen LogP contribution in [-0.2, 0) is 0 Å². The van der Waals surface area contributed by atoms with Crippen molar-refractivity contribution < 1.29 is 4.42 Å². The summed E-state index contributed by atoms with van der Waals surface area (Å²) in [6.07, 6.45) is 1.86. The van der Waals surface area contributed by atoms with E-state index < -0.39 is 0 Å².